The smallest absolute Gasteiger partial charge is 0.235 e. The molecule has 0 saturated heterocycles. The van der Waals surface area contributed by atoms with E-state index in [0.717, 1.165) is 18.3 Å². The number of ether oxygens (including phenoxy) is 1. The van der Waals surface area contributed by atoms with Crippen molar-refractivity contribution in [3.63, 3.8) is 0 Å². The fraction of sp³-hybridized carbons (Fsp3) is 0.769. The molecule has 1 aliphatic carbocycles. The molecule has 102 valence electrons. The van der Waals surface area contributed by atoms with Crippen LogP contribution in [-0.2, 0) is 7.05 Å². The molecule has 1 fully saturated rings. The zero-order chi connectivity index (χ0) is 13.3. The van der Waals surface area contributed by atoms with Crippen LogP contribution in [-0.4, -0.2) is 40.9 Å². The second-order valence-corrected chi connectivity index (χ2v) is 5.44. The Kier molecular flexibility index (Phi) is 3.80. The van der Waals surface area contributed by atoms with Crippen LogP contribution in [0.5, 0.6) is 5.88 Å². The molecule has 0 bridgehead atoms. The van der Waals surface area contributed by atoms with Gasteiger partial charge in [-0.15, -0.1) is 0 Å². The summed E-state index contributed by atoms with van der Waals surface area (Å²) in [5.74, 6) is 1.02. The Morgan fingerprint density at radius 1 is 1.50 bits per heavy atom. The van der Waals surface area contributed by atoms with Crippen LogP contribution in [0, 0.1) is 0 Å². The number of nitrogens with two attached hydrogens (primary N) is 1. The van der Waals surface area contributed by atoms with Gasteiger partial charge in [-0.25, -0.2) is 4.68 Å². The normalized spacial score (nSPS) is 15.7. The standard InChI is InChI=1S/C13H24N4O/c1-9(2)12-11(14)13(17(4)15-12)18-8-7-16(3)10-5-6-10/h9-10H,5-8,14H2,1-4H3. The third-order valence-electron chi connectivity index (χ3n) is 3.46. The molecule has 1 aromatic heterocycles. The molecule has 2 N–H and O–H groups in total. The molecule has 2 rings (SSSR count). The van der Waals surface area contributed by atoms with E-state index < -0.39 is 0 Å². The second kappa shape index (κ2) is 5.18. The van der Waals surface area contributed by atoms with Crippen LogP contribution in [0.1, 0.15) is 38.3 Å². The number of likely N-dealkylation sites (N-methyl/N-ethyl adjacent to an activating group) is 1. The summed E-state index contributed by atoms with van der Waals surface area (Å²) in [5.41, 5.74) is 7.67. The number of aryl methyl sites for hydroxylation is 1. The molecule has 5 nitrogen and oxygen atoms in total. The Balaban J connectivity index is 1.92. The maximum Gasteiger partial charge on any atom is 0.235 e. The molecule has 1 aromatic rings. The summed E-state index contributed by atoms with van der Waals surface area (Å²) >= 11 is 0. The molecule has 5 heteroatoms. The zero-order valence-electron chi connectivity index (χ0n) is 11.8. The number of nitrogen functional groups attached to an aromatic ring is 1. The quantitative estimate of drug-likeness (QED) is 0.835. The molecule has 0 spiro atoms. The Bertz CT molecular complexity index is 409. The van der Waals surface area contributed by atoms with E-state index in [-0.39, 0.29) is 0 Å². The van der Waals surface area contributed by atoms with Crippen molar-refractivity contribution in [2.45, 2.75) is 38.6 Å². The van der Waals surface area contributed by atoms with E-state index in [1.807, 2.05) is 7.05 Å². The van der Waals surface area contributed by atoms with Gasteiger partial charge in [-0.1, -0.05) is 13.8 Å². The van der Waals surface area contributed by atoms with E-state index in [1.165, 1.54) is 12.8 Å². The second-order valence-electron chi connectivity index (χ2n) is 5.44. The van der Waals surface area contributed by atoms with Crippen molar-refractivity contribution < 1.29 is 4.74 Å². The topological polar surface area (TPSA) is 56.3 Å². The first-order chi connectivity index (χ1) is 8.50. The Labute approximate surface area is 109 Å². The monoisotopic (exact) mass is 252 g/mol. The molecule has 18 heavy (non-hydrogen) atoms. The van der Waals surface area contributed by atoms with E-state index in [0.29, 0.717) is 24.1 Å². The number of anilines is 1. The minimum Gasteiger partial charge on any atom is -0.475 e. The highest BCUT2D eigenvalue weighted by Crippen LogP contribution is 2.30. The fourth-order valence-corrected chi connectivity index (χ4v) is 2.13. The molecule has 0 amide bonds. The summed E-state index contributed by atoms with van der Waals surface area (Å²) in [6.07, 6.45) is 2.64. The van der Waals surface area contributed by atoms with Gasteiger partial charge < -0.3 is 15.4 Å². The minimum absolute atomic E-state index is 0.322. The summed E-state index contributed by atoms with van der Waals surface area (Å²) < 4.78 is 7.52. The molecule has 1 aliphatic rings. The van der Waals surface area contributed by atoms with E-state index in [2.05, 4.69) is 30.9 Å². The van der Waals surface area contributed by atoms with Crippen LogP contribution in [0.3, 0.4) is 0 Å². The average Bonchev–Trinajstić information content (AvgIpc) is 3.10. The predicted octanol–water partition coefficient (Wildman–Crippen LogP) is 1.60. The van der Waals surface area contributed by atoms with Gasteiger partial charge in [0.25, 0.3) is 0 Å². The molecule has 0 radical (unpaired) electrons. The van der Waals surface area contributed by atoms with Crippen molar-refractivity contribution in [1.29, 1.82) is 0 Å². The maximum absolute atomic E-state index is 6.07. The van der Waals surface area contributed by atoms with Gasteiger partial charge in [-0.3, -0.25) is 0 Å². The van der Waals surface area contributed by atoms with Gasteiger partial charge in [0.05, 0.1) is 5.69 Å². The van der Waals surface area contributed by atoms with Crippen LogP contribution in [0.25, 0.3) is 0 Å². The van der Waals surface area contributed by atoms with Crippen molar-refractivity contribution in [2.24, 2.45) is 7.05 Å². The van der Waals surface area contributed by atoms with Crippen molar-refractivity contribution in [3.05, 3.63) is 5.69 Å². The Morgan fingerprint density at radius 3 is 2.67 bits per heavy atom. The van der Waals surface area contributed by atoms with Gasteiger partial charge in [0.1, 0.15) is 12.3 Å². The third-order valence-corrected chi connectivity index (χ3v) is 3.46. The number of hydrogen-bond acceptors (Lipinski definition) is 4. The lowest BCUT2D eigenvalue weighted by atomic mass is 10.1. The fourth-order valence-electron chi connectivity index (χ4n) is 2.13. The van der Waals surface area contributed by atoms with E-state index in [4.69, 9.17) is 10.5 Å². The molecule has 0 aromatic carbocycles. The van der Waals surface area contributed by atoms with E-state index >= 15 is 0 Å². The first-order valence-electron chi connectivity index (χ1n) is 6.66. The first-order valence-corrected chi connectivity index (χ1v) is 6.66. The number of hydrogen-bond donors (Lipinski definition) is 1. The summed E-state index contributed by atoms with van der Waals surface area (Å²) in [6, 6.07) is 0.767. The van der Waals surface area contributed by atoms with Gasteiger partial charge in [-0.2, -0.15) is 5.10 Å². The van der Waals surface area contributed by atoms with Crippen molar-refractivity contribution in [2.75, 3.05) is 25.9 Å². The lowest BCUT2D eigenvalue weighted by Crippen LogP contribution is -2.26. The molecular formula is C13H24N4O. The predicted molar refractivity (Wildman–Crippen MR) is 72.9 cm³/mol. The van der Waals surface area contributed by atoms with Crippen molar-refractivity contribution in [3.8, 4) is 5.88 Å². The van der Waals surface area contributed by atoms with Crippen LogP contribution in [0.2, 0.25) is 0 Å². The Morgan fingerprint density at radius 2 is 2.17 bits per heavy atom. The van der Waals surface area contributed by atoms with Gasteiger partial charge in [0.15, 0.2) is 0 Å². The lowest BCUT2D eigenvalue weighted by molar-refractivity contribution is 0.221. The minimum atomic E-state index is 0.322. The number of rotatable bonds is 6. The van der Waals surface area contributed by atoms with Gasteiger partial charge in [-0.05, 0) is 25.8 Å². The van der Waals surface area contributed by atoms with E-state index in [1.54, 1.807) is 4.68 Å². The molecule has 0 unspecified atom stereocenters. The van der Waals surface area contributed by atoms with Gasteiger partial charge >= 0.3 is 0 Å². The average molecular weight is 252 g/mol. The molecular weight excluding hydrogens is 228 g/mol. The highest BCUT2D eigenvalue weighted by molar-refractivity contribution is 5.54. The van der Waals surface area contributed by atoms with E-state index in [9.17, 15) is 0 Å². The first kappa shape index (κ1) is 13.2. The van der Waals surface area contributed by atoms with Crippen LogP contribution >= 0.6 is 0 Å². The zero-order valence-corrected chi connectivity index (χ0v) is 11.8. The SMILES string of the molecule is CC(C)c1nn(C)c(OCCN(C)C2CC2)c1N. The molecule has 0 aliphatic heterocycles. The third kappa shape index (κ3) is 2.77. The largest absolute Gasteiger partial charge is 0.475 e. The van der Waals surface area contributed by atoms with Crippen LogP contribution < -0.4 is 10.5 Å². The summed E-state index contributed by atoms with van der Waals surface area (Å²) in [5, 5.41) is 4.41. The highest BCUT2D eigenvalue weighted by Gasteiger charge is 2.26. The summed E-state index contributed by atoms with van der Waals surface area (Å²) in [4.78, 5) is 2.34. The lowest BCUT2D eigenvalue weighted by Gasteiger charge is -2.16. The number of nitrogens with zero attached hydrogens (tertiary/aromatic N) is 3. The molecule has 1 saturated carbocycles. The number of aromatic nitrogens is 2. The summed E-state index contributed by atoms with van der Waals surface area (Å²) in [6.45, 7) is 5.77. The molecule has 0 atom stereocenters. The maximum atomic E-state index is 6.07. The van der Waals surface area contributed by atoms with Crippen LogP contribution in [0.4, 0.5) is 5.69 Å². The van der Waals surface area contributed by atoms with Gasteiger partial charge in [0, 0.05) is 19.6 Å². The Hall–Kier alpha value is -1.23. The van der Waals surface area contributed by atoms with Crippen molar-refractivity contribution >= 4 is 5.69 Å². The summed E-state index contributed by atoms with van der Waals surface area (Å²) in [7, 11) is 4.02. The van der Waals surface area contributed by atoms with Gasteiger partial charge in [0.2, 0.25) is 5.88 Å². The molecule has 1 heterocycles. The highest BCUT2D eigenvalue weighted by atomic mass is 16.5. The van der Waals surface area contributed by atoms with Crippen LogP contribution in [0.15, 0.2) is 0 Å². The van der Waals surface area contributed by atoms with Crippen molar-refractivity contribution in [1.82, 2.24) is 14.7 Å².